The number of aromatic nitrogens is 1. The summed E-state index contributed by atoms with van der Waals surface area (Å²) in [4.78, 5) is 30.9. The molecule has 0 aliphatic carbocycles. The third-order valence-corrected chi connectivity index (χ3v) is 6.29. The molecule has 1 atom stereocenters. The van der Waals surface area contributed by atoms with Gasteiger partial charge in [-0.25, -0.2) is 9.18 Å². The molecule has 11 heteroatoms. The van der Waals surface area contributed by atoms with E-state index in [9.17, 15) is 14.9 Å². The van der Waals surface area contributed by atoms with Crippen LogP contribution in [-0.2, 0) is 9.53 Å². The molecular formula is C23H25FN6O3S. The van der Waals surface area contributed by atoms with Crippen molar-refractivity contribution < 1.29 is 18.7 Å². The van der Waals surface area contributed by atoms with E-state index < -0.39 is 23.6 Å². The second-order valence-electron chi connectivity index (χ2n) is 8.26. The molecule has 4 rings (SSSR count). The lowest BCUT2D eigenvalue weighted by Crippen LogP contribution is -2.48. The SMILES string of the molecule is N#CC1(Nc2cccnc2)CCN(c2ccc(N3CC(CNC(=O)CS)OC3=O)cc2F)CC1. The first-order chi connectivity index (χ1) is 16.4. The number of pyridine rings is 1. The van der Waals surface area contributed by atoms with E-state index in [1.54, 1.807) is 30.6 Å². The lowest BCUT2D eigenvalue weighted by molar-refractivity contribution is -0.118. The van der Waals surface area contributed by atoms with E-state index in [0.717, 1.165) is 5.69 Å². The number of hydrogen-bond acceptors (Lipinski definition) is 8. The number of cyclic esters (lactones) is 1. The van der Waals surface area contributed by atoms with E-state index in [-0.39, 0.29) is 24.7 Å². The molecule has 1 aromatic carbocycles. The van der Waals surface area contributed by atoms with Crippen LogP contribution in [0.1, 0.15) is 12.8 Å². The van der Waals surface area contributed by atoms with Crippen LogP contribution >= 0.6 is 12.6 Å². The molecule has 1 aromatic heterocycles. The van der Waals surface area contributed by atoms with E-state index in [2.05, 4.69) is 34.3 Å². The number of nitrogens with zero attached hydrogens (tertiary/aromatic N) is 4. The number of hydrogen-bond donors (Lipinski definition) is 3. The zero-order valence-electron chi connectivity index (χ0n) is 18.4. The number of thiol groups is 1. The van der Waals surface area contributed by atoms with Crippen LogP contribution in [0.5, 0.6) is 0 Å². The van der Waals surface area contributed by atoms with Gasteiger partial charge in [-0.15, -0.1) is 0 Å². The van der Waals surface area contributed by atoms with Crippen molar-refractivity contribution in [2.24, 2.45) is 0 Å². The molecule has 0 spiro atoms. The fourth-order valence-electron chi connectivity index (χ4n) is 4.15. The number of halogens is 1. The number of amides is 2. The fourth-order valence-corrected chi connectivity index (χ4v) is 4.26. The molecule has 2 fully saturated rings. The van der Waals surface area contributed by atoms with Crippen LogP contribution in [0.15, 0.2) is 42.7 Å². The van der Waals surface area contributed by atoms with Crippen LogP contribution in [0.25, 0.3) is 0 Å². The van der Waals surface area contributed by atoms with Crippen molar-refractivity contribution in [2.45, 2.75) is 24.5 Å². The van der Waals surface area contributed by atoms with Crippen molar-refractivity contribution in [3.05, 3.63) is 48.5 Å². The fraction of sp³-hybridized carbons (Fsp3) is 0.391. The first-order valence-electron chi connectivity index (χ1n) is 10.9. The van der Waals surface area contributed by atoms with Gasteiger partial charge in [0.1, 0.15) is 17.5 Å². The molecule has 2 aliphatic heterocycles. The Bertz CT molecular complexity index is 1090. The monoisotopic (exact) mass is 484 g/mol. The minimum Gasteiger partial charge on any atom is -0.442 e. The smallest absolute Gasteiger partial charge is 0.414 e. The molecule has 0 bridgehead atoms. The van der Waals surface area contributed by atoms with Crippen LogP contribution in [-0.4, -0.2) is 60.6 Å². The second-order valence-corrected chi connectivity index (χ2v) is 8.58. The molecule has 1 unspecified atom stereocenters. The number of anilines is 3. The summed E-state index contributed by atoms with van der Waals surface area (Å²) in [6, 6.07) is 10.7. The van der Waals surface area contributed by atoms with Crippen LogP contribution < -0.4 is 20.4 Å². The van der Waals surface area contributed by atoms with Gasteiger partial charge < -0.3 is 20.3 Å². The summed E-state index contributed by atoms with van der Waals surface area (Å²) in [6.07, 6.45) is 3.26. The Hall–Kier alpha value is -3.52. The zero-order valence-corrected chi connectivity index (χ0v) is 19.3. The summed E-state index contributed by atoms with van der Waals surface area (Å²) < 4.78 is 20.3. The van der Waals surface area contributed by atoms with E-state index in [1.165, 1.54) is 11.0 Å². The minimum absolute atomic E-state index is 0.0442. The average molecular weight is 485 g/mol. The predicted octanol–water partition coefficient (Wildman–Crippen LogP) is 2.57. The van der Waals surface area contributed by atoms with Gasteiger partial charge in [-0.05, 0) is 30.3 Å². The molecule has 2 saturated heterocycles. The number of piperidine rings is 1. The Kier molecular flexibility index (Phi) is 7.07. The van der Waals surface area contributed by atoms with Crippen LogP contribution in [0.3, 0.4) is 0 Å². The standard InChI is InChI=1S/C23H25FN6O3S/c24-19-10-17(30-13-18(33-22(30)32)12-27-21(31)14-34)3-4-20(19)29-8-5-23(15-25,6-9-29)28-16-2-1-7-26-11-16/h1-4,7,10-11,18,28,34H,5-6,8-9,12-14H2,(H,27,31). The summed E-state index contributed by atoms with van der Waals surface area (Å²) in [5.41, 5.74) is 0.832. The Balaban J connectivity index is 1.39. The van der Waals surface area contributed by atoms with E-state index in [4.69, 9.17) is 4.74 Å². The van der Waals surface area contributed by atoms with Gasteiger partial charge in [-0.3, -0.25) is 14.7 Å². The van der Waals surface area contributed by atoms with Crippen LogP contribution in [0, 0.1) is 17.1 Å². The Morgan fingerprint density at radius 3 is 2.79 bits per heavy atom. The van der Waals surface area contributed by atoms with Crippen molar-refractivity contribution in [1.82, 2.24) is 10.3 Å². The number of ether oxygens (including phenoxy) is 1. The van der Waals surface area contributed by atoms with Crippen LogP contribution in [0.2, 0.25) is 0 Å². The third-order valence-electron chi connectivity index (χ3n) is 6.00. The Morgan fingerprint density at radius 2 is 2.15 bits per heavy atom. The van der Waals surface area contributed by atoms with Gasteiger partial charge in [-0.2, -0.15) is 17.9 Å². The minimum atomic E-state index is -0.743. The number of nitriles is 1. The molecule has 34 heavy (non-hydrogen) atoms. The number of nitrogens with one attached hydrogen (secondary N) is 2. The lowest BCUT2D eigenvalue weighted by atomic mass is 9.88. The van der Waals surface area contributed by atoms with Crippen molar-refractivity contribution in [3.63, 3.8) is 0 Å². The average Bonchev–Trinajstić information content (AvgIpc) is 3.24. The van der Waals surface area contributed by atoms with Gasteiger partial charge in [0, 0.05) is 38.3 Å². The van der Waals surface area contributed by atoms with Crippen molar-refractivity contribution in [3.8, 4) is 6.07 Å². The summed E-state index contributed by atoms with van der Waals surface area (Å²) >= 11 is 3.89. The van der Waals surface area contributed by atoms with Gasteiger partial charge in [0.15, 0.2) is 0 Å². The maximum Gasteiger partial charge on any atom is 0.414 e. The van der Waals surface area contributed by atoms with Crippen molar-refractivity contribution in [2.75, 3.05) is 47.0 Å². The number of carbonyl (C=O) groups is 2. The second kappa shape index (κ2) is 10.2. The molecule has 178 valence electrons. The quantitative estimate of drug-likeness (QED) is 0.518. The summed E-state index contributed by atoms with van der Waals surface area (Å²) in [5, 5.41) is 15.7. The summed E-state index contributed by atoms with van der Waals surface area (Å²) in [7, 11) is 0. The highest BCUT2D eigenvalue weighted by Crippen LogP contribution is 2.32. The molecule has 2 N–H and O–H groups in total. The van der Waals surface area contributed by atoms with Crippen molar-refractivity contribution >= 4 is 41.7 Å². The van der Waals surface area contributed by atoms with Gasteiger partial charge in [0.2, 0.25) is 5.91 Å². The van der Waals surface area contributed by atoms with Gasteiger partial charge >= 0.3 is 6.09 Å². The largest absolute Gasteiger partial charge is 0.442 e. The first-order valence-corrected chi connectivity index (χ1v) is 11.6. The molecule has 2 aliphatic rings. The topological polar surface area (TPSA) is 111 Å². The van der Waals surface area contributed by atoms with Gasteiger partial charge in [0.05, 0.1) is 42.0 Å². The summed E-state index contributed by atoms with van der Waals surface area (Å²) in [5.74, 6) is -0.671. The molecule has 0 saturated carbocycles. The lowest BCUT2D eigenvalue weighted by Gasteiger charge is -2.39. The molecule has 3 heterocycles. The van der Waals surface area contributed by atoms with Crippen LogP contribution in [0.4, 0.5) is 26.2 Å². The van der Waals surface area contributed by atoms with E-state index in [0.29, 0.717) is 37.3 Å². The van der Waals surface area contributed by atoms with Crippen molar-refractivity contribution in [1.29, 1.82) is 5.26 Å². The van der Waals surface area contributed by atoms with Gasteiger partial charge in [0.25, 0.3) is 0 Å². The molecule has 0 radical (unpaired) electrons. The third kappa shape index (κ3) is 5.17. The molecular weight excluding hydrogens is 459 g/mol. The highest BCUT2D eigenvalue weighted by atomic mass is 32.1. The number of carbonyl (C=O) groups excluding carboxylic acids is 2. The highest BCUT2D eigenvalue weighted by Gasteiger charge is 2.36. The van der Waals surface area contributed by atoms with E-state index in [1.807, 2.05) is 11.0 Å². The number of benzene rings is 1. The molecule has 9 nitrogen and oxygen atoms in total. The maximum atomic E-state index is 15.1. The maximum absolute atomic E-state index is 15.1. The normalized spacial score (nSPS) is 19.3. The Morgan fingerprint density at radius 1 is 1.35 bits per heavy atom. The van der Waals surface area contributed by atoms with E-state index >= 15 is 4.39 Å². The predicted molar refractivity (Wildman–Crippen MR) is 129 cm³/mol. The molecule has 2 aromatic rings. The van der Waals surface area contributed by atoms with Gasteiger partial charge in [-0.1, -0.05) is 0 Å². The molecule has 2 amide bonds. The highest BCUT2D eigenvalue weighted by molar-refractivity contribution is 7.81. The first kappa shape index (κ1) is 23.6. The Labute approximate surface area is 202 Å². The zero-order chi connectivity index (χ0) is 24.1. The number of rotatable bonds is 7. The summed E-state index contributed by atoms with van der Waals surface area (Å²) in [6.45, 7) is 1.37.